The highest BCUT2D eigenvalue weighted by molar-refractivity contribution is 8.13. The molecule has 2 atom stereocenters. The second-order valence-corrected chi connectivity index (χ2v) is 8.20. The van der Waals surface area contributed by atoms with Gasteiger partial charge >= 0.3 is 5.97 Å². The Hall–Kier alpha value is -3.10. The number of thioether (sulfide) groups is 1. The van der Waals surface area contributed by atoms with Crippen molar-refractivity contribution in [3.8, 4) is 0 Å². The van der Waals surface area contributed by atoms with Gasteiger partial charge in [-0.25, -0.2) is 9.79 Å². The molecule has 0 radical (unpaired) electrons. The molecule has 0 aliphatic carbocycles. The first-order valence-electron chi connectivity index (χ1n) is 9.82. The Balaban J connectivity index is 1.89. The predicted molar refractivity (Wildman–Crippen MR) is 122 cm³/mol. The lowest BCUT2D eigenvalue weighted by atomic mass is 9.95. The third kappa shape index (κ3) is 5.74. The molecular formula is C23H25N3O4S. The summed E-state index contributed by atoms with van der Waals surface area (Å²) in [5.74, 6) is -1.16. The second-order valence-electron chi connectivity index (χ2n) is 7.23. The molecule has 0 bridgehead atoms. The molecule has 0 spiro atoms. The van der Waals surface area contributed by atoms with E-state index in [0.717, 1.165) is 16.7 Å². The van der Waals surface area contributed by atoms with Gasteiger partial charge in [0, 0.05) is 11.4 Å². The molecule has 162 valence electrons. The highest BCUT2D eigenvalue weighted by atomic mass is 32.2. The quantitative estimate of drug-likeness (QED) is 0.528. The molecule has 7 nitrogen and oxygen atoms in total. The van der Waals surface area contributed by atoms with Gasteiger partial charge in [0.15, 0.2) is 11.2 Å². The number of carboxylic acid groups (broad SMARTS) is 1. The summed E-state index contributed by atoms with van der Waals surface area (Å²) in [7, 11) is 0. The maximum absolute atomic E-state index is 13.0. The molecule has 3 rings (SSSR count). The van der Waals surface area contributed by atoms with E-state index in [9.17, 15) is 19.8 Å². The van der Waals surface area contributed by atoms with Gasteiger partial charge in [0.1, 0.15) is 6.04 Å². The molecule has 1 heterocycles. The number of aliphatic hydroxyl groups is 1. The van der Waals surface area contributed by atoms with E-state index >= 15 is 0 Å². The number of amidine groups is 1. The van der Waals surface area contributed by atoms with Crippen molar-refractivity contribution in [2.75, 3.05) is 6.61 Å². The Morgan fingerprint density at radius 3 is 2.42 bits per heavy atom. The third-order valence-corrected chi connectivity index (χ3v) is 5.82. The molecule has 1 aliphatic heterocycles. The molecule has 1 unspecified atom stereocenters. The van der Waals surface area contributed by atoms with Crippen LogP contribution in [0, 0.1) is 6.92 Å². The fraction of sp³-hybridized carbons (Fsp3) is 0.261. The van der Waals surface area contributed by atoms with Crippen LogP contribution in [0.4, 0.5) is 0 Å². The third-order valence-electron chi connectivity index (χ3n) is 4.86. The Morgan fingerprint density at radius 2 is 1.81 bits per heavy atom. The van der Waals surface area contributed by atoms with Crippen LogP contribution >= 0.6 is 11.8 Å². The summed E-state index contributed by atoms with van der Waals surface area (Å²) in [5, 5.41) is 24.7. The maximum Gasteiger partial charge on any atom is 0.328 e. The summed E-state index contributed by atoms with van der Waals surface area (Å²) in [5.41, 5.74) is 3.98. The van der Waals surface area contributed by atoms with E-state index in [1.54, 1.807) is 6.92 Å². The number of rotatable bonds is 7. The number of aliphatic carboxylic acids is 1. The zero-order valence-electron chi connectivity index (χ0n) is 17.3. The number of aryl methyl sites for hydroxylation is 1. The highest BCUT2D eigenvalue weighted by Gasteiger charge is 2.31. The Morgan fingerprint density at radius 1 is 1.13 bits per heavy atom. The Bertz CT molecular complexity index is 1000. The molecule has 0 saturated carbocycles. The molecule has 4 N–H and O–H groups in total. The van der Waals surface area contributed by atoms with E-state index in [-0.39, 0.29) is 0 Å². The fourth-order valence-electron chi connectivity index (χ4n) is 3.15. The number of carbonyl (C=O) groups is 2. The van der Waals surface area contributed by atoms with Crippen molar-refractivity contribution in [3.05, 3.63) is 82.6 Å². The summed E-state index contributed by atoms with van der Waals surface area (Å²) in [6.07, 6.45) is 0. The maximum atomic E-state index is 13.0. The molecule has 8 heteroatoms. The zero-order valence-corrected chi connectivity index (χ0v) is 18.1. The van der Waals surface area contributed by atoms with E-state index in [1.165, 1.54) is 11.8 Å². The number of hydrogen-bond donors (Lipinski definition) is 4. The first kappa shape index (κ1) is 22.6. The van der Waals surface area contributed by atoms with E-state index in [0.29, 0.717) is 22.2 Å². The van der Waals surface area contributed by atoms with Crippen LogP contribution in [0.5, 0.6) is 0 Å². The number of allylic oxidation sites excluding steroid dienone is 1. The van der Waals surface area contributed by atoms with Gasteiger partial charge in [0.25, 0.3) is 5.91 Å². The second kappa shape index (κ2) is 10.3. The lowest BCUT2D eigenvalue weighted by Gasteiger charge is -2.27. The van der Waals surface area contributed by atoms with Crippen molar-refractivity contribution in [3.63, 3.8) is 0 Å². The number of amides is 1. The minimum absolute atomic E-state index is 0.326. The summed E-state index contributed by atoms with van der Waals surface area (Å²) in [4.78, 5) is 29.0. The molecule has 0 fully saturated rings. The van der Waals surface area contributed by atoms with Crippen LogP contribution in [0.15, 0.2) is 70.9 Å². The minimum atomic E-state index is -1.38. The van der Waals surface area contributed by atoms with Gasteiger partial charge in [-0.3, -0.25) is 4.79 Å². The standard InChI is InChI=1S/C23H25N3O4S/c1-14-8-10-17(11-9-14)20-19(21(28)25-18(12-27)22(29)30)15(2)24-23(26-20)31-13-16-6-4-3-5-7-16/h3-11,18,20,27H,12-13H2,1-2H3,(H,24,26)(H,25,28)(H,29,30)/t18-,20?/m0/s1. The number of benzene rings is 2. The number of nitrogens with zero attached hydrogens (tertiary/aromatic N) is 1. The first-order chi connectivity index (χ1) is 14.9. The summed E-state index contributed by atoms with van der Waals surface area (Å²) >= 11 is 1.53. The number of aliphatic imine (C=N–C) groups is 1. The molecule has 0 saturated heterocycles. The van der Waals surface area contributed by atoms with Crippen LogP contribution in [0.3, 0.4) is 0 Å². The average molecular weight is 440 g/mol. The van der Waals surface area contributed by atoms with Crippen molar-refractivity contribution in [1.82, 2.24) is 10.6 Å². The number of aliphatic hydroxyl groups excluding tert-OH is 1. The normalized spacial score (nSPS) is 16.9. The van der Waals surface area contributed by atoms with Crippen LogP contribution < -0.4 is 10.6 Å². The van der Waals surface area contributed by atoms with E-state index in [4.69, 9.17) is 4.99 Å². The predicted octanol–water partition coefficient (Wildman–Crippen LogP) is 2.76. The van der Waals surface area contributed by atoms with Crippen LogP contribution in [-0.4, -0.2) is 39.9 Å². The molecular weight excluding hydrogens is 414 g/mol. The molecule has 2 aromatic carbocycles. The molecule has 2 aromatic rings. The SMILES string of the molecule is CC1=C(C(=O)N[C@@H](CO)C(=O)O)C(c2ccc(C)cc2)N=C(SCc2ccccc2)N1. The molecule has 31 heavy (non-hydrogen) atoms. The average Bonchev–Trinajstić information content (AvgIpc) is 2.76. The molecule has 1 amide bonds. The lowest BCUT2D eigenvalue weighted by molar-refractivity contribution is -0.142. The lowest BCUT2D eigenvalue weighted by Crippen LogP contribution is -2.45. The Kier molecular flexibility index (Phi) is 7.49. The van der Waals surface area contributed by atoms with E-state index in [2.05, 4.69) is 10.6 Å². The number of hydrogen-bond acceptors (Lipinski definition) is 6. The number of carbonyl (C=O) groups excluding carboxylic acids is 1. The van der Waals surface area contributed by atoms with Crippen molar-refractivity contribution in [2.24, 2.45) is 4.99 Å². The fourth-order valence-corrected chi connectivity index (χ4v) is 4.05. The van der Waals surface area contributed by atoms with Crippen LogP contribution in [0.1, 0.15) is 29.7 Å². The van der Waals surface area contributed by atoms with Crippen molar-refractivity contribution >= 4 is 28.8 Å². The Labute approximate surface area is 185 Å². The largest absolute Gasteiger partial charge is 0.480 e. The smallest absolute Gasteiger partial charge is 0.328 e. The van der Waals surface area contributed by atoms with Gasteiger partial charge in [0.2, 0.25) is 0 Å². The van der Waals surface area contributed by atoms with Gasteiger partial charge in [-0.1, -0.05) is 71.9 Å². The first-order valence-corrected chi connectivity index (χ1v) is 10.8. The monoisotopic (exact) mass is 439 g/mol. The van der Waals surface area contributed by atoms with Crippen LogP contribution in [0.2, 0.25) is 0 Å². The van der Waals surface area contributed by atoms with Gasteiger partial charge in [0.05, 0.1) is 12.2 Å². The zero-order chi connectivity index (χ0) is 22.4. The van der Waals surface area contributed by atoms with Crippen LogP contribution in [0.25, 0.3) is 0 Å². The number of nitrogens with one attached hydrogen (secondary N) is 2. The summed E-state index contributed by atoms with van der Waals surface area (Å²) in [6, 6.07) is 15.7. The van der Waals surface area contributed by atoms with Gasteiger partial charge in [-0.2, -0.15) is 0 Å². The van der Waals surface area contributed by atoms with E-state index < -0.39 is 30.6 Å². The molecule has 0 aromatic heterocycles. The van der Waals surface area contributed by atoms with Gasteiger partial charge < -0.3 is 20.8 Å². The number of carboxylic acids is 1. The summed E-state index contributed by atoms with van der Waals surface area (Å²) in [6.45, 7) is 3.05. The van der Waals surface area contributed by atoms with E-state index in [1.807, 2.05) is 61.5 Å². The summed E-state index contributed by atoms with van der Waals surface area (Å²) < 4.78 is 0. The van der Waals surface area contributed by atoms with Gasteiger partial charge in [-0.15, -0.1) is 0 Å². The van der Waals surface area contributed by atoms with Crippen molar-refractivity contribution in [1.29, 1.82) is 0 Å². The van der Waals surface area contributed by atoms with Crippen molar-refractivity contribution < 1.29 is 19.8 Å². The topological polar surface area (TPSA) is 111 Å². The highest BCUT2D eigenvalue weighted by Crippen LogP contribution is 2.33. The van der Waals surface area contributed by atoms with Crippen molar-refractivity contribution in [2.45, 2.75) is 31.7 Å². The van der Waals surface area contributed by atoms with Gasteiger partial charge in [-0.05, 0) is 25.0 Å². The minimum Gasteiger partial charge on any atom is -0.480 e. The van der Waals surface area contributed by atoms with Crippen LogP contribution in [-0.2, 0) is 15.3 Å². The molecule has 1 aliphatic rings.